The second-order valence-corrected chi connectivity index (χ2v) is 9.04. The Kier molecular flexibility index (Phi) is 6.43. The van der Waals surface area contributed by atoms with E-state index in [4.69, 9.17) is 24.9 Å². The van der Waals surface area contributed by atoms with Crippen molar-refractivity contribution in [3.63, 3.8) is 0 Å². The number of rotatable bonds is 7. The van der Waals surface area contributed by atoms with Crippen molar-refractivity contribution in [3.05, 3.63) is 52.7 Å². The first-order valence-electron chi connectivity index (χ1n) is 10.6. The molecular weight excluding hydrogens is 454 g/mol. The topological polar surface area (TPSA) is 112 Å². The molecule has 4 rings (SSSR count). The fraction of sp³-hybridized carbons (Fsp3) is 0.333. The van der Waals surface area contributed by atoms with Gasteiger partial charge in [-0.15, -0.1) is 11.3 Å². The number of benzene rings is 1. The van der Waals surface area contributed by atoms with Gasteiger partial charge in [-0.3, -0.25) is 9.69 Å². The maximum Gasteiger partial charge on any atom is 0.235 e. The van der Waals surface area contributed by atoms with E-state index in [1.807, 2.05) is 30.5 Å². The number of ether oxygens (including phenoxy) is 3. The van der Waals surface area contributed by atoms with E-state index in [9.17, 15) is 4.79 Å². The number of aromatic nitrogens is 2. The number of hydrogen-bond acceptors (Lipinski definition) is 9. The van der Waals surface area contributed by atoms with Crippen molar-refractivity contribution in [2.24, 2.45) is 16.6 Å². The molecule has 0 aliphatic carbocycles. The van der Waals surface area contributed by atoms with Gasteiger partial charge in [0.25, 0.3) is 0 Å². The highest BCUT2D eigenvalue weighted by Gasteiger charge is 2.47. The lowest BCUT2D eigenvalue weighted by Gasteiger charge is -2.40. The van der Waals surface area contributed by atoms with Crippen LogP contribution in [0.2, 0.25) is 0 Å². The molecule has 34 heavy (non-hydrogen) atoms. The number of amides is 1. The van der Waals surface area contributed by atoms with Crippen LogP contribution in [-0.4, -0.2) is 55.1 Å². The van der Waals surface area contributed by atoms with Gasteiger partial charge in [-0.1, -0.05) is 0 Å². The Morgan fingerprint density at radius 3 is 2.29 bits per heavy atom. The molecule has 0 saturated carbocycles. The molecule has 0 bridgehead atoms. The smallest absolute Gasteiger partial charge is 0.235 e. The normalized spacial score (nSPS) is 20.1. The number of nitrogens with zero attached hydrogens (tertiary/aromatic N) is 4. The highest BCUT2D eigenvalue weighted by atomic mass is 32.1. The Labute approximate surface area is 202 Å². The second kappa shape index (κ2) is 9.30. The summed E-state index contributed by atoms with van der Waals surface area (Å²) in [5.41, 5.74) is 8.02. The minimum atomic E-state index is -0.868. The Balaban J connectivity index is 1.78. The van der Waals surface area contributed by atoms with Gasteiger partial charge >= 0.3 is 0 Å². The van der Waals surface area contributed by atoms with Gasteiger partial charge in [0, 0.05) is 29.9 Å². The molecule has 1 aromatic carbocycles. The predicted molar refractivity (Wildman–Crippen MR) is 130 cm³/mol. The van der Waals surface area contributed by atoms with Gasteiger partial charge in [-0.05, 0) is 48.1 Å². The predicted octanol–water partition coefficient (Wildman–Crippen LogP) is 3.09. The summed E-state index contributed by atoms with van der Waals surface area (Å²) >= 11 is 1.53. The van der Waals surface area contributed by atoms with Gasteiger partial charge in [-0.25, -0.2) is 15.0 Å². The van der Waals surface area contributed by atoms with Crippen LogP contribution in [0, 0.1) is 5.92 Å². The summed E-state index contributed by atoms with van der Waals surface area (Å²) in [5.74, 6) is 1.12. The fourth-order valence-corrected chi connectivity index (χ4v) is 5.26. The summed E-state index contributed by atoms with van der Waals surface area (Å²) in [6.07, 6.45) is 5.40. The van der Waals surface area contributed by atoms with Crippen molar-refractivity contribution >= 4 is 23.2 Å². The molecule has 1 amide bonds. The van der Waals surface area contributed by atoms with Crippen molar-refractivity contribution in [1.29, 1.82) is 0 Å². The molecule has 2 atom stereocenters. The van der Waals surface area contributed by atoms with Gasteiger partial charge in [0.1, 0.15) is 11.9 Å². The van der Waals surface area contributed by atoms with E-state index < -0.39 is 11.5 Å². The van der Waals surface area contributed by atoms with Gasteiger partial charge < -0.3 is 19.9 Å². The fourth-order valence-electron chi connectivity index (χ4n) is 4.18. The minimum absolute atomic E-state index is 0.109. The molecule has 9 nitrogen and oxygen atoms in total. The molecule has 0 spiro atoms. The molecule has 178 valence electrons. The molecule has 3 heterocycles. The number of aliphatic imine (C=N–C) groups is 1. The highest BCUT2D eigenvalue weighted by molar-refractivity contribution is 7.10. The lowest BCUT2D eigenvalue weighted by molar-refractivity contribution is -0.134. The Bertz CT molecular complexity index is 1200. The molecular formula is C24H27N5O4S. The zero-order valence-electron chi connectivity index (χ0n) is 19.7. The summed E-state index contributed by atoms with van der Waals surface area (Å²) in [6, 6.07) is 5.75. The van der Waals surface area contributed by atoms with Gasteiger partial charge in [0.05, 0.1) is 27.2 Å². The van der Waals surface area contributed by atoms with Crippen molar-refractivity contribution in [2.75, 3.05) is 28.4 Å². The zero-order valence-corrected chi connectivity index (χ0v) is 20.5. The summed E-state index contributed by atoms with van der Waals surface area (Å²) in [4.78, 5) is 28.8. The van der Waals surface area contributed by atoms with Crippen molar-refractivity contribution < 1.29 is 19.0 Å². The van der Waals surface area contributed by atoms with E-state index in [0.29, 0.717) is 23.7 Å². The lowest BCUT2D eigenvalue weighted by atomic mass is 9.78. The van der Waals surface area contributed by atoms with Gasteiger partial charge in [0.2, 0.25) is 11.7 Å². The largest absolute Gasteiger partial charge is 0.493 e. The molecule has 0 fully saturated rings. The SMILES string of the molecule is COc1cc(CC2C(=O)N(C)C(N)=N[C@]2(C)c2cc(-c3cncnc3)cs2)cc(OC)c1OC. The van der Waals surface area contributed by atoms with Crippen LogP contribution < -0.4 is 19.9 Å². The number of guanidine groups is 1. The van der Waals surface area contributed by atoms with E-state index in [1.165, 1.54) is 22.6 Å². The average molecular weight is 482 g/mol. The molecule has 2 N–H and O–H groups in total. The first-order chi connectivity index (χ1) is 16.3. The Hall–Kier alpha value is -3.66. The quantitative estimate of drug-likeness (QED) is 0.552. The monoisotopic (exact) mass is 481 g/mol. The second-order valence-electron chi connectivity index (χ2n) is 8.13. The zero-order chi connectivity index (χ0) is 24.5. The molecule has 2 aromatic heterocycles. The van der Waals surface area contributed by atoms with Crippen LogP contribution in [0.3, 0.4) is 0 Å². The van der Waals surface area contributed by atoms with Crippen LogP contribution >= 0.6 is 11.3 Å². The molecule has 0 radical (unpaired) electrons. The third-order valence-corrected chi connectivity index (χ3v) is 7.31. The Morgan fingerprint density at radius 2 is 1.71 bits per heavy atom. The highest BCUT2D eigenvalue weighted by Crippen LogP contribution is 2.45. The van der Waals surface area contributed by atoms with Crippen LogP contribution in [0.4, 0.5) is 0 Å². The van der Waals surface area contributed by atoms with Crippen molar-refractivity contribution in [3.8, 4) is 28.4 Å². The first-order valence-corrected chi connectivity index (χ1v) is 11.5. The van der Waals surface area contributed by atoms with Crippen LogP contribution in [0.15, 0.2) is 47.3 Å². The van der Waals surface area contributed by atoms with E-state index in [2.05, 4.69) is 9.97 Å². The van der Waals surface area contributed by atoms with Gasteiger partial charge in [0.15, 0.2) is 17.5 Å². The third-order valence-electron chi connectivity index (χ3n) is 6.15. The molecule has 1 unspecified atom stereocenters. The Morgan fingerprint density at radius 1 is 1.06 bits per heavy atom. The maximum absolute atomic E-state index is 13.5. The average Bonchev–Trinajstić information content (AvgIpc) is 3.36. The van der Waals surface area contributed by atoms with E-state index >= 15 is 0 Å². The minimum Gasteiger partial charge on any atom is -0.493 e. The first kappa shape index (κ1) is 23.5. The number of carbonyl (C=O) groups is 1. The number of thiophene rings is 1. The van der Waals surface area contributed by atoms with E-state index in [1.54, 1.807) is 40.8 Å². The van der Waals surface area contributed by atoms with Crippen molar-refractivity contribution in [1.82, 2.24) is 14.9 Å². The summed E-state index contributed by atoms with van der Waals surface area (Å²) in [5, 5.41) is 2.02. The molecule has 3 aromatic rings. The van der Waals surface area contributed by atoms with Gasteiger partial charge in [-0.2, -0.15) is 0 Å². The van der Waals surface area contributed by atoms with Crippen LogP contribution in [0.25, 0.3) is 11.1 Å². The summed E-state index contributed by atoms with van der Waals surface area (Å²) in [6.45, 7) is 1.95. The standard InChI is InChI=1S/C24H27N5O4S/c1-24(20-9-15(12-34-20)16-10-26-13-27-11-16)17(22(30)29(2)23(25)28-24)6-14-7-18(31-3)21(33-5)19(8-14)32-4/h7-13,17H,6H2,1-5H3,(H2,25,28)/t17?,24-/m0/s1. The van der Waals surface area contributed by atoms with Crippen LogP contribution in [0.5, 0.6) is 17.2 Å². The molecule has 1 aliphatic heterocycles. The molecule has 10 heteroatoms. The van der Waals surface area contributed by atoms with Crippen molar-refractivity contribution in [2.45, 2.75) is 18.9 Å². The number of carbonyl (C=O) groups excluding carboxylic acids is 1. The molecule has 0 saturated heterocycles. The number of methoxy groups -OCH3 is 3. The van der Waals surface area contributed by atoms with E-state index in [0.717, 1.165) is 21.6 Å². The van der Waals surface area contributed by atoms with E-state index in [-0.39, 0.29) is 11.9 Å². The summed E-state index contributed by atoms with van der Waals surface area (Å²) < 4.78 is 16.4. The molecule has 1 aliphatic rings. The van der Waals surface area contributed by atoms with Crippen LogP contribution in [-0.2, 0) is 16.8 Å². The number of hydrogen-bond donors (Lipinski definition) is 1. The number of nitrogens with two attached hydrogens (primary N) is 1. The summed E-state index contributed by atoms with van der Waals surface area (Å²) in [7, 11) is 6.33. The lowest BCUT2D eigenvalue weighted by Crippen LogP contribution is -2.54. The third kappa shape index (κ3) is 4.05. The maximum atomic E-state index is 13.5. The van der Waals surface area contributed by atoms with Crippen LogP contribution in [0.1, 0.15) is 17.4 Å².